The van der Waals surface area contributed by atoms with Crippen molar-refractivity contribution in [1.29, 1.82) is 0 Å². The molecule has 1 aromatic carbocycles. The van der Waals surface area contributed by atoms with E-state index in [1.54, 1.807) is 0 Å². The molecule has 0 heterocycles. The SMILES string of the molecule is CCCC#CC1(c2ccc(Cl)c(Cl)c2)CCCC1. The lowest BCUT2D eigenvalue weighted by Crippen LogP contribution is -2.19. The largest absolute Gasteiger partial charge is 0.102 e. The van der Waals surface area contributed by atoms with Crippen molar-refractivity contribution < 1.29 is 0 Å². The summed E-state index contributed by atoms with van der Waals surface area (Å²) in [5, 5.41) is 1.26. The fourth-order valence-electron chi connectivity index (χ4n) is 2.61. The maximum Gasteiger partial charge on any atom is 0.0595 e. The third-order valence-electron chi connectivity index (χ3n) is 3.63. The predicted molar refractivity (Wildman–Crippen MR) is 79.3 cm³/mol. The fraction of sp³-hybridized carbons (Fsp3) is 0.500. The second-order valence-electron chi connectivity index (χ2n) is 4.97. The van der Waals surface area contributed by atoms with Gasteiger partial charge in [0.2, 0.25) is 0 Å². The van der Waals surface area contributed by atoms with Crippen molar-refractivity contribution in [1.82, 2.24) is 0 Å². The molecule has 0 spiro atoms. The first-order valence-corrected chi connectivity index (χ1v) is 7.39. The second kappa shape index (κ2) is 6.00. The smallest absolute Gasteiger partial charge is 0.0595 e. The van der Waals surface area contributed by atoms with Crippen LogP contribution in [0.4, 0.5) is 0 Å². The molecule has 0 N–H and O–H groups in total. The number of unbranched alkanes of at least 4 members (excludes halogenated alkanes) is 1. The molecule has 1 aliphatic carbocycles. The van der Waals surface area contributed by atoms with Gasteiger partial charge in [-0.05, 0) is 37.0 Å². The van der Waals surface area contributed by atoms with Gasteiger partial charge in [0.1, 0.15) is 0 Å². The maximum atomic E-state index is 6.14. The molecule has 0 nitrogen and oxygen atoms in total. The monoisotopic (exact) mass is 280 g/mol. The highest BCUT2D eigenvalue weighted by molar-refractivity contribution is 6.42. The van der Waals surface area contributed by atoms with Crippen molar-refractivity contribution in [3.8, 4) is 11.8 Å². The third kappa shape index (κ3) is 2.85. The Morgan fingerprint density at radius 1 is 1.17 bits per heavy atom. The summed E-state index contributed by atoms with van der Waals surface area (Å²) in [5.74, 6) is 6.83. The highest BCUT2D eigenvalue weighted by Gasteiger charge is 2.34. The van der Waals surface area contributed by atoms with Crippen molar-refractivity contribution in [3.63, 3.8) is 0 Å². The van der Waals surface area contributed by atoms with Gasteiger partial charge in [-0.15, -0.1) is 5.92 Å². The third-order valence-corrected chi connectivity index (χ3v) is 4.37. The van der Waals surface area contributed by atoms with E-state index >= 15 is 0 Å². The molecule has 0 bridgehead atoms. The Bertz CT molecular complexity index is 474. The zero-order valence-corrected chi connectivity index (χ0v) is 12.2. The van der Waals surface area contributed by atoms with Crippen LogP contribution in [0.5, 0.6) is 0 Å². The molecule has 0 unspecified atom stereocenters. The number of hydrogen-bond acceptors (Lipinski definition) is 0. The lowest BCUT2D eigenvalue weighted by atomic mass is 9.79. The van der Waals surface area contributed by atoms with E-state index in [1.807, 2.05) is 12.1 Å². The predicted octanol–water partition coefficient (Wildman–Crippen LogP) is 5.61. The highest BCUT2D eigenvalue weighted by Crippen LogP contribution is 2.42. The van der Waals surface area contributed by atoms with Gasteiger partial charge in [0.25, 0.3) is 0 Å². The first-order chi connectivity index (χ1) is 8.68. The Balaban J connectivity index is 2.35. The van der Waals surface area contributed by atoms with E-state index in [9.17, 15) is 0 Å². The number of rotatable bonds is 2. The minimum absolute atomic E-state index is 0.0173. The Morgan fingerprint density at radius 2 is 1.89 bits per heavy atom. The minimum Gasteiger partial charge on any atom is -0.102 e. The molecule has 0 amide bonds. The van der Waals surface area contributed by atoms with Crippen LogP contribution >= 0.6 is 23.2 Å². The van der Waals surface area contributed by atoms with Crippen LogP contribution in [0, 0.1) is 11.8 Å². The number of hydrogen-bond donors (Lipinski definition) is 0. The average molecular weight is 281 g/mol. The average Bonchev–Trinajstić information content (AvgIpc) is 2.83. The van der Waals surface area contributed by atoms with E-state index in [1.165, 1.54) is 18.4 Å². The lowest BCUT2D eigenvalue weighted by Gasteiger charge is -2.23. The van der Waals surface area contributed by atoms with E-state index in [-0.39, 0.29) is 5.41 Å². The molecular formula is C16H18Cl2. The lowest BCUT2D eigenvalue weighted by molar-refractivity contribution is 0.580. The fourth-order valence-corrected chi connectivity index (χ4v) is 2.91. The van der Waals surface area contributed by atoms with Crippen LogP contribution in [0.1, 0.15) is 51.0 Å². The molecule has 1 aromatic rings. The van der Waals surface area contributed by atoms with E-state index in [0.717, 1.165) is 25.7 Å². The van der Waals surface area contributed by atoms with Crippen LogP contribution in [0.3, 0.4) is 0 Å². The first-order valence-electron chi connectivity index (χ1n) is 6.63. The van der Waals surface area contributed by atoms with E-state index in [0.29, 0.717) is 10.0 Å². The molecule has 18 heavy (non-hydrogen) atoms. The van der Waals surface area contributed by atoms with Gasteiger partial charge >= 0.3 is 0 Å². The highest BCUT2D eigenvalue weighted by atomic mass is 35.5. The van der Waals surface area contributed by atoms with E-state index < -0.39 is 0 Å². The Morgan fingerprint density at radius 3 is 2.50 bits per heavy atom. The minimum atomic E-state index is 0.0173. The Kier molecular flexibility index (Phi) is 4.60. The summed E-state index contributed by atoms with van der Waals surface area (Å²) in [4.78, 5) is 0. The molecule has 0 atom stereocenters. The van der Waals surface area contributed by atoms with Gasteiger partial charge < -0.3 is 0 Å². The normalized spacial score (nSPS) is 17.3. The summed E-state index contributed by atoms with van der Waals surface area (Å²) in [5.41, 5.74) is 1.25. The van der Waals surface area contributed by atoms with Gasteiger partial charge in [-0.3, -0.25) is 0 Å². The van der Waals surface area contributed by atoms with Crippen molar-refractivity contribution >= 4 is 23.2 Å². The first kappa shape index (κ1) is 13.8. The summed E-state index contributed by atoms with van der Waals surface area (Å²) in [6.45, 7) is 2.16. The molecule has 1 aliphatic rings. The molecule has 0 aliphatic heterocycles. The van der Waals surface area contributed by atoms with Crippen LogP contribution in [-0.4, -0.2) is 0 Å². The molecule has 0 saturated heterocycles. The summed E-state index contributed by atoms with van der Waals surface area (Å²) in [6.07, 6.45) is 6.87. The van der Waals surface area contributed by atoms with E-state index in [2.05, 4.69) is 24.8 Å². The summed E-state index contributed by atoms with van der Waals surface area (Å²) < 4.78 is 0. The number of halogens is 2. The Labute approximate surface area is 120 Å². The zero-order chi connectivity index (χ0) is 13.0. The quantitative estimate of drug-likeness (QED) is 0.618. The van der Waals surface area contributed by atoms with Crippen molar-refractivity contribution in [2.24, 2.45) is 0 Å². The van der Waals surface area contributed by atoms with Crippen LogP contribution in [-0.2, 0) is 5.41 Å². The Hall–Kier alpha value is -0.640. The van der Waals surface area contributed by atoms with E-state index in [4.69, 9.17) is 23.2 Å². The second-order valence-corrected chi connectivity index (χ2v) is 5.78. The molecule has 2 heteroatoms. The molecule has 2 rings (SSSR count). The molecule has 96 valence electrons. The van der Waals surface area contributed by atoms with Crippen molar-refractivity contribution in [2.45, 2.75) is 50.9 Å². The number of benzene rings is 1. The van der Waals surface area contributed by atoms with Gasteiger partial charge in [0.05, 0.1) is 15.5 Å². The van der Waals surface area contributed by atoms with Gasteiger partial charge in [-0.2, -0.15) is 0 Å². The zero-order valence-electron chi connectivity index (χ0n) is 10.7. The van der Waals surface area contributed by atoms with Gasteiger partial charge in [0.15, 0.2) is 0 Å². The molecular weight excluding hydrogens is 263 g/mol. The van der Waals surface area contributed by atoms with Gasteiger partial charge in [-0.25, -0.2) is 0 Å². The molecule has 1 fully saturated rings. The standard InChI is InChI=1S/C16H18Cl2/c1-2-3-4-9-16(10-5-6-11-16)13-7-8-14(17)15(18)12-13/h7-8,12H,2-3,5-6,10-11H2,1H3. The molecule has 0 radical (unpaired) electrons. The topological polar surface area (TPSA) is 0 Å². The van der Waals surface area contributed by atoms with Crippen molar-refractivity contribution in [2.75, 3.05) is 0 Å². The summed E-state index contributed by atoms with van der Waals surface area (Å²) >= 11 is 12.1. The van der Waals surface area contributed by atoms with Gasteiger partial charge in [0, 0.05) is 6.42 Å². The summed E-state index contributed by atoms with van der Waals surface area (Å²) in [7, 11) is 0. The van der Waals surface area contributed by atoms with Crippen molar-refractivity contribution in [3.05, 3.63) is 33.8 Å². The molecule has 0 aromatic heterocycles. The summed E-state index contributed by atoms with van der Waals surface area (Å²) in [6, 6.07) is 5.97. The van der Waals surface area contributed by atoms with Crippen LogP contribution < -0.4 is 0 Å². The van der Waals surface area contributed by atoms with Crippen LogP contribution in [0.25, 0.3) is 0 Å². The maximum absolute atomic E-state index is 6.14. The van der Waals surface area contributed by atoms with Crippen LogP contribution in [0.2, 0.25) is 10.0 Å². The van der Waals surface area contributed by atoms with Gasteiger partial charge in [-0.1, -0.05) is 55.0 Å². The van der Waals surface area contributed by atoms with Crippen LogP contribution in [0.15, 0.2) is 18.2 Å². The molecule has 1 saturated carbocycles.